The van der Waals surface area contributed by atoms with Crippen molar-refractivity contribution in [1.29, 1.82) is 0 Å². The molecule has 25 heavy (non-hydrogen) atoms. The van der Waals surface area contributed by atoms with E-state index in [1.165, 1.54) is 23.5 Å². The molecule has 2 aromatic carbocycles. The Balaban J connectivity index is 1.51. The van der Waals surface area contributed by atoms with E-state index in [9.17, 15) is 9.18 Å². The Hall–Kier alpha value is -1.89. The van der Waals surface area contributed by atoms with Crippen LogP contribution >= 0.6 is 34.7 Å². The van der Waals surface area contributed by atoms with Crippen LogP contribution in [0.3, 0.4) is 0 Å². The normalized spacial score (nSPS) is 10.6. The Bertz CT molecular complexity index is 850. The molecule has 1 aromatic heterocycles. The van der Waals surface area contributed by atoms with E-state index in [-0.39, 0.29) is 11.7 Å². The van der Waals surface area contributed by atoms with E-state index in [1.54, 1.807) is 48.2 Å². The van der Waals surface area contributed by atoms with E-state index < -0.39 is 0 Å². The number of aromatic nitrogens is 1. The molecule has 128 valence electrons. The van der Waals surface area contributed by atoms with Gasteiger partial charge in [0.2, 0.25) is 0 Å². The number of anilines is 1. The molecule has 0 spiro atoms. The minimum atomic E-state index is -0.227. The van der Waals surface area contributed by atoms with Gasteiger partial charge in [-0.2, -0.15) is 11.8 Å². The number of hydrogen-bond acceptors (Lipinski definition) is 4. The molecule has 0 aliphatic carbocycles. The molecule has 3 nitrogen and oxygen atoms in total. The molecule has 0 bridgehead atoms. The summed E-state index contributed by atoms with van der Waals surface area (Å²) in [4.78, 5) is 16.6. The lowest BCUT2D eigenvalue weighted by Crippen LogP contribution is -2.11. The predicted molar refractivity (Wildman–Crippen MR) is 103 cm³/mol. The van der Waals surface area contributed by atoms with Gasteiger partial charge in [-0.1, -0.05) is 23.7 Å². The number of nitrogens with one attached hydrogen (secondary N) is 1. The van der Waals surface area contributed by atoms with Crippen molar-refractivity contribution < 1.29 is 9.18 Å². The molecule has 0 fully saturated rings. The number of nitrogens with zero attached hydrogens (tertiary/aromatic N) is 1. The first-order valence-corrected chi connectivity index (χ1v) is 9.85. The van der Waals surface area contributed by atoms with Crippen molar-refractivity contribution in [3.05, 3.63) is 81.6 Å². The second-order valence-electron chi connectivity index (χ2n) is 5.22. The zero-order valence-corrected chi connectivity index (χ0v) is 15.4. The van der Waals surface area contributed by atoms with Crippen LogP contribution < -0.4 is 5.32 Å². The van der Waals surface area contributed by atoms with Gasteiger partial charge in [0.1, 0.15) is 5.82 Å². The second-order valence-corrected chi connectivity index (χ2v) is 7.50. The Morgan fingerprint density at radius 1 is 1.12 bits per heavy atom. The van der Waals surface area contributed by atoms with Crippen molar-refractivity contribution in [1.82, 2.24) is 4.98 Å². The smallest absolute Gasteiger partial charge is 0.257 e. The number of thioether (sulfide) groups is 1. The molecular formula is C18H14ClFN2OS2. The van der Waals surface area contributed by atoms with Gasteiger partial charge in [-0.25, -0.2) is 9.37 Å². The molecular weight excluding hydrogens is 379 g/mol. The fourth-order valence-corrected chi connectivity index (χ4v) is 3.88. The number of rotatable bonds is 6. The Morgan fingerprint density at radius 2 is 1.84 bits per heavy atom. The summed E-state index contributed by atoms with van der Waals surface area (Å²) in [6.07, 6.45) is 0. The monoisotopic (exact) mass is 392 g/mol. The number of thiazole rings is 1. The van der Waals surface area contributed by atoms with Crippen LogP contribution in [0, 0.1) is 5.82 Å². The lowest BCUT2D eigenvalue weighted by atomic mass is 10.2. The maximum atomic E-state index is 12.9. The summed E-state index contributed by atoms with van der Waals surface area (Å²) in [5.41, 5.74) is 2.51. The second kappa shape index (κ2) is 8.47. The number of benzene rings is 2. The standard InChI is InChI=1S/C18H14ClFN2OS2/c19-14-5-3-13(4-6-14)17(23)22-18-21-16(11-25-18)10-24-9-12-1-7-15(20)8-2-12/h1-8,11H,9-10H2,(H,21,22,23). The third kappa shape index (κ3) is 5.29. The molecule has 0 atom stereocenters. The number of hydrogen-bond donors (Lipinski definition) is 1. The van der Waals surface area contributed by atoms with E-state index in [1.807, 2.05) is 5.38 Å². The zero-order valence-electron chi connectivity index (χ0n) is 13.0. The van der Waals surface area contributed by atoms with Crippen LogP contribution in [0.5, 0.6) is 0 Å². The first kappa shape index (κ1) is 17.9. The van der Waals surface area contributed by atoms with E-state index >= 15 is 0 Å². The predicted octanol–water partition coefficient (Wildman–Crippen LogP) is 5.62. The van der Waals surface area contributed by atoms with Gasteiger partial charge < -0.3 is 0 Å². The highest BCUT2D eigenvalue weighted by atomic mass is 35.5. The van der Waals surface area contributed by atoms with Crippen LogP contribution in [-0.4, -0.2) is 10.9 Å². The first-order chi connectivity index (χ1) is 12.1. The molecule has 0 radical (unpaired) electrons. The minimum absolute atomic E-state index is 0.212. The van der Waals surface area contributed by atoms with Gasteiger partial charge in [0, 0.05) is 27.5 Å². The Labute approximate surface area is 158 Å². The van der Waals surface area contributed by atoms with Gasteiger partial charge in [-0.05, 0) is 42.0 Å². The molecule has 0 saturated heterocycles. The summed E-state index contributed by atoms with van der Waals surface area (Å²) in [6.45, 7) is 0. The van der Waals surface area contributed by atoms with Crippen molar-refractivity contribution in [3.63, 3.8) is 0 Å². The van der Waals surface area contributed by atoms with Crippen LogP contribution in [0.4, 0.5) is 9.52 Å². The maximum Gasteiger partial charge on any atom is 0.257 e. The van der Waals surface area contributed by atoms with Gasteiger partial charge in [-0.3, -0.25) is 10.1 Å². The van der Waals surface area contributed by atoms with Crippen LogP contribution in [-0.2, 0) is 11.5 Å². The third-order valence-corrected chi connectivity index (χ3v) is 5.41. The van der Waals surface area contributed by atoms with E-state index in [0.717, 1.165) is 22.8 Å². The molecule has 0 aliphatic heterocycles. The molecule has 0 unspecified atom stereocenters. The van der Waals surface area contributed by atoms with Gasteiger partial charge in [0.05, 0.1) is 5.69 Å². The van der Waals surface area contributed by atoms with Crippen molar-refractivity contribution in [2.45, 2.75) is 11.5 Å². The van der Waals surface area contributed by atoms with Crippen LogP contribution in [0.25, 0.3) is 0 Å². The van der Waals surface area contributed by atoms with Crippen LogP contribution in [0.1, 0.15) is 21.6 Å². The SMILES string of the molecule is O=C(Nc1nc(CSCc2ccc(F)cc2)cs1)c1ccc(Cl)cc1. The van der Waals surface area contributed by atoms with Crippen molar-refractivity contribution in [3.8, 4) is 0 Å². The van der Waals surface area contributed by atoms with Gasteiger partial charge in [0.15, 0.2) is 5.13 Å². The van der Waals surface area contributed by atoms with Crippen LogP contribution in [0.2, 0.25) is 5.02 Å². The molecule has 1 amide bonds. The maximum absolute atomic E-state index is 12.9. The summed E-state index contributed by atoms with van der Waals surface area (Å²) in [6, 6.07) is 13.2. The topological polar surface area (TPSA) is 42.0 Å². The quantitative estimate of drug-likeness (QED) is 0.591. The molecule has 0 saturated carbocycles. The van der Waals surface area contributed by atoms with E-state index in [4.69, 9.17) is 11.6 Å². The summed E-state index contributed by atoms with van der Waals surface area (Å²) in [5, 5.41) is 5.87. The van der Waals surface area contributed by atoms with Crippen molar-refractivity contribution in [2.75, 3.05) is 5.32 Å². The summed E-state index contributed by atoms with van der Waals surface area (Å²) in [5.74, 6) is 1.07. The number of amides is 1. The average Bonchev–Trinajstić information content (AvgIpc) is 3.04. The minimum Gasteiger partial charge on any atom is -0.298 e. The van der Waals surface area contributed by atoms with Crippen molar-refractivity contribution >= 4 is 45.7 Å². The summed E-state index contributed by atoms with van der Waals surface area (Å²) < 4.78 is 12.9. The molecule has 7 heteroatoms. The highest BCUT2D eigenvalue weighted by molar-refractivity contribution is 7.97. The summed E-state index contributed by atoms with van der Waals surface area (Å²) >= 11 is 8.90. The largest absolute Gasteiger partial charge is 0.298 e. The highest BCUT2D eigenvalue weighted by Crippen LogP contribution is 2.22. The fourth-order valence-electron chi connectivity index (χ4n) is 2.06. The highest BCUT2D eigenvalue weighted by Gasteiger charge is 2.09. The zero-order chi connectivity index (χ0) is 17.6. The van der Waals surface area contributed by atoms with Gasteiger partial charge >= 0.3 is 0 Å². The summed E-state index contributed by atoms with van der Waals surface area (Å²) in [7, 11) is 0. The van der Waals surface area contributed by atoms with Gasteiger partial charge in [-0.15, -0.1) is 11.3 Å². The fraction of sp³-hybridized carbons (Fsp3) is 0.111. The number of carbonyl (C=O) groups is 1. The number of halogens is 2. The molecule has 3 aromatic rings. The van der Waals surface area contributed by atoms with Crippen LogP contribution in [0.15, 0.2) is 53.9 Å². The molecule has 0 aliphatic rings. The molecule has 1 heterocycles. The van der Waals surface area contributed by atoms with E-state index in [0.29, 0.717) is 15.7 Å². The van der Waals surface area contributed by atoms with Gasteiger partial charge in [0.25, 0.3) is 5.91 Å². The lowest BCUT2D eigenvalue weighted by Gasteiger charge is -2.02. The molecule has 3 rings (SSSR count). The molecule has 1 N–H and O–H groups in total. The van der Waals surface area contributed by atoms with Crippen molar-refractivity contribution in [2.24, 2.45) is 0 Å². The lowest BCUT2D eigenvalue weighted by molar-refractivity contribution is 0.102. The third-order valence-electron chi connectivity index (χ3n) is 3.31. The Kier molecular flexibility index (Phi) is 6.07. The first-order valence-electron chi connectivity index (χ1n) is 7.43. The average molecular weight is 393 g/mol. The van der Waals surface area contributed by atoms with E-state index in [2.05, 4.69) is 10.3 Å². The number of carbonyl (C=O) groups excluding carboxylic acids is 1. The Morgan fingerprint density at radius 3 is 2.56 bits per heavy atom.